The minimum atomic E-state index is -0.283. The van der Waals surface area contributed by atoms with Crippen molar-refractivity contribution in [3.8, 4) is 17.4 Å². The molecular weight excluding hydrogens is 386 g/mol. The molecule has 3 aromatic heterocycles. The molecule has 0 saturated carbocycles. The number of nitrogens with one attached hydrogen (secondary N) is 1. The summed E-state index contributed by atoms with van der Waals surface area (Å²) in [6.45, 7) is 6.08. The molecule has 1 aromatic carbocycles. The molecule has 0 fully saturated rings. The molecular formula is C19H19N9O2. The Balaban J connectivity index is 1.57. The van der Waals surface area contributed by atoms with Crippen molar-refractivity contribution >= 4 is 11.6 Å². The smallest absolute Gasteiger partial charge is 0.259 e. The van der Waals surface area contributed by atoms with Crippen molar-refractivity contribution in [1.29, 1.82) is 0 Å². The van der Waals surface area contributed by atoms with Crippen molar-refractivity contribution in [2.75, 3.05) is 11.9 Å². The molecule has 30 heavy (non-hydrogen) atoms. The Morgan fingerprint density at radius 1 is 1.17 bits per heavy atom. The van der Waals surface area contributed by atoms with Crippen LogP contribution in [0.1, 0.15) is 28.5 Å². The van der Waals surface area contributed by atoms with E-state index in [9.17, 15) is 4.79 Å². The van der Waals surface area contributed by atoms with E-state index >= 15 is 0 Å². The average molecular weight is 405 g/mol. The summed E-state index contributed by atoms with van der Waals surface area (Å²) in [5.41, 5.74) is 3.36. The molecule has 0 aliphatic carbocycles. The van der Waals surface area contributed by atoms with Gasteiger partial charge in [0.1, 0.15) is 6.33 Å². The van der Waals surface area contributed by atoms with Gasteiger partial charge in [0.2, 0.25) is 5.88 Å². The quantitative estimate of drug-likeness (QED) is 0.516. The number of aryl methyl sites for hydroxylation is 1. The average Bonchev–Trinajstić information content (AvgIpc) is 3.41. The lowest BCUT2D eigenvalue weighted by molar-refractivity contribution is 0.102. The second-order valence-electron chi connectivity index (χ2n) is 6.43. The van der Waals surface area contributed by atoms with E-state index in [-0.39, 0.29) is 5.91 Å². The number of carbonyl (C=O) groups is 1. The van der Waals surface area contributed by atoms with Crippen LogP contribution in [0.3, 0.4) is 0 Å². The van der Waals surface area contributed by atoms with E-state index in [0.717, 1.165) is 11.3 Å². The Kier molecular flexibility index (Phi) is 5.16. The molecule has 11 nitrogen and oxygen atoms in total. The summed E-state index contributed by atoms with van der Waals surface area (Å²) in [6, 6.07) is 9.01. The van der Waals surface area contributed by atoms with Gasteiger partial charge < -0.3 is 10.1 Å². The summed E-state index contributed by atoms with van der Waals surface area (Å²) < 4.78 is 8.38. The fraction of sp³-hybridized carbons (Fsp3) is 0.211. The third-order valence-corrected chi connectivity index (χ3v) is 4.47. The maximum absolute atomic E-state index is 12.9. The normalized spacial score (nSPS) is 10.8. The van der Waals surface area contributed by atoms with Gasteiger partial charge >= 0.3 is 0 Å². The first-order valence-electron chi connectivity index (χ1n) is 9.23. The SMILES string of the molecule is CCOc1ccc(-n2ncc(C(=O)Nc3cc(-n4cnnn4)ccc3C)c2C)nn1. The zero-order chi connectivity index (χ0) is 21.1. The Labute approximate surface area is 171 Å². The third kappa shape index (κ3) is 3.72. The second kappa shape index (κ2) is 8.07. The van der Waals surface area contributed by atoms with Gasteiger partial charge in [-0.15, -0.1) is 15.3 Å². The van der Waals surface area contributed by atoms with Crippen LogP contribution in [0.15, 0.2) is 42.9 Å². The van der Waals surface area contributed by atoms with Crippen LogP contribution in [-0.4, -0.2) is 52.7 Å². The number of carbonyl (C=O) groups excluding carboxylic acids is 1. The summed E-state index contributed by atoms with van der Waals surface area (Å²) in [5, 5.41) is 26.5. The minimum absolute atomic E-state index is 0.283. The number of anilines is 1. The Hall–Kier alpha value is -4.15. The van der Waals surface area contributed by atoms with E-state index < -0.39 is 0 Å². The zero-order valence-corrected chi connectivity index (χ0v) is 16.6. The summed E-state index contributed by atoms with van der Waals surface area (Å²) in [4.78, 5) is 12.9. The second-order valence-corrected chi connectivity index (χ2v) is 6.43. The number of aromatic nitrogens is 8. The predicted octanol–water partition coefficient (Wildman–Crippen LogP) is 1.91. The van der Waals surface area contributed by atoms with E-state index in [2.05, 4.69) is 36.1 Å². The summed E-state index contributed by atoms with van der Waals surface area (Å²) in [5.74, 6) is 0.642. The maximum Gasteiger partial charge on any atom is 0.259 e. The standard InChI is InChI=1S/C19H19N9O2/c1-4-30-18-8-7-17(23-24-18)28-13(3)15(10-21-28)19(29)22-16-9-14(6-5-12(16)2)27-11-20-25-26-27/h5-11H,4H2,1-3H3,(H,22,29). The molecule has 0 radical (unpaired) electrons. The first-order valence-corrected chi connectivity index (χ1v) is 9.23. The van der Waals surface area contributed by atoms with Crippen LogP contribution >= 0.6 is 0 Å². The van der Waals surface area contributed by atoms with Crippen molar-refractivity contribution in [2.45, 2.75) is 20.8 Å². The molecule has 4 aromatic rings. The number of amides is 1. The maximum atomic E-state index is 12.9. The molecule has 11 heteroatoms. The van der Waals surface area contributed by atoms with Crippen LogP contribution in [0.5, 0.6) is 5.88 Å². The molecule has 0 aliphatic rings. The Morgan fingerprint density at radius 2 is 2.03 bits per heavy atom. The minimum Gasteiger partial charge on any atom is -0.477 e. The van der Waals surface area contributed by atoms with Gasteiger partial charge in [0, 0.05) is 11.8 Å². The highest BCUT2D eigenvalue weighted by Crippen LogP contribution is 2.21. The molecule has 0 bridgehead atoms. The number of hydrogen-bond donors (Lipinski definition) is 1. The summed E-state index contributed by atoms with van der Waals surface area (Å²) in [6.07, 6.45) is 2.99. The number of ether oxygens (including phenoxy) is 1. The van der Waals surface area contributed by atoms with Crippen molar-refractivity contribution in [3.63, 3.8) is 0 Å². The van der Waals surface area contributed by atoms with Crippen LogP contribution in [0, 0.1) is 13.8 Å². The van der Waals surface area contributed by atoms with Gasteiger partial charge in [0.15, 0.2) is 5.82 Å². The molecule has 3 heterocycles. The topological polar surface area (TPSA) is 126 Å². The Bertz CT molecular complexity index is 1170. The van der Waals surface area contributed by atoms with Crippen molar-refractivity contribution in [3.05, 3.63) is 59.7 Å². The molecule has 0 saturated heterocycles. The molecule has 0 aliphatic heterocycles. The summed E-state index contributed by atoms with van der Waals surface area (Å²) in [7, 11) is 0. The number of tetrazole rings is 1. The van der Waals surface area contributed by atoms with E-state index in [1.165, 1.54) is 17.2 Å². The van der Waals surface area contributed by atoms with Gasteiger partial charge in [0.25, 0.3) is 5.91 Å². The molecule has 0 unspecified atom stereocenters. The largest absolute Gasteiger partial charge is 0.477 e. The Morgan fingerprint density at radius 3 is 2.73 bits per heavy atom. The van der Waals surface area contributed by atoms with Gasteiger partial charge in [-0.3, -0.25) is 4.79 Å². The van der Waals surface area contributed by atoms with Gasteiger partial charge in [-0.1, -0.05) is 6.07 Å². The van der Waals surface area contributed by atoms with Gasteiger partial charge in [0.05, 0.1) is 29.7 Å². The number of rotatable bonds is 6. The van der Waals surface area contributed by atoms with E-state index in [4.69, 9.17) is 4.74 Å². The zero-order valence-electron chi connectivity index (χ0n) is 16.6. The van der Waals surface area contributed by atoms with Gasteiger partial charge in [-0.05, 0) is 55.0 Å². The van der Waals surface area contributed by atoms with Crippen LogP contribution in [0.25, 0.3) is 11.5 Å². The van der Waals surface area contributed by atoms with Crippen molar-refractivity contribution in [1.82, 2.24) is 40.2 Å². The fourth-order valence-electron chi connectivity index (χ4n) is 2.87. The molecule has 1 amide bonds. The first-order chi connectivity index (χ1) is 14.6. The monoisotopic (exact) mass is 405 g/mol. The number of nitrogens with zero attached hydrogens (tertiary/aromatic N) is 8. The van der Waals surface area contributed by atoms with E-state index in [1.807, 2.05) is 26.0 Å². The van der Waals surface area contributed by atoms with E-state index in [1.54, 1.807) is 29.8 Å². The summed E-state index contributed by atoms with van der Waals surface area (Å²) >= 11 is 0. The molecule has 0 atom stereocenters. The lowest BCUT2D eigenvalue weighted by atomic mass is 10.1. The van der Waals surface area contributed by atoms with Crippen molar-refractivity contribution in [2.24, 2.45) is 0 Å². The molecule has 0 spiro atoms. The molecule has 4 rings (SSSR count). The van der Waals surface area contributed by atoms with Crippen LogP contribution in [0.2, 0.25) is 0 Å². The van der Waals surface area contributed by atoms with Gasteiger partial charge in [-0.25, -0.2) is 9.36 Å². The lowest BCUT2D eigenvalue weighted by Gasteiger charge is -2.10. The lowest BCUT2D eigenvalue weighted by Crippen LogP contribution is -2.14. The third-order valence-electron chi connectivity index (χ3n) is 4.47. The number of hydrogen-bond acceptors (Lipinski definition) is 8. The highest BCUT2D eigenvalue weighted by atomic mass is 16.5. The van der Waals surface area contributed by atoms with Crippen LogP contribution < -0.4 is 10.1 Å². The number of benzene rings is 1. The first kappa shape index (κ1) is 19.2. The molecule has 152 valence electrons. The van der Waals surface area contributed by atoms with E-state index in [0.29, 0.717) is 35.2 Å². The van der Waals surface area contributed by atoms with Gasteiger partial charge in [-0.2, -0.15) is 5.10 Å². The highest BCUT2D eigenvalue weighted by Gasteiger charge is 2.17. The van der Waals surface area contributed by atoms with Crippen LogP contribution in [-0.2, 0) is 0 Å². The van der Waals surface area contributed by atoms with Crippen molar-refractivity contribution < 1.29 is 9.53 Å². The fourth-order valence-corrected chi connectivity index (χ4v) is 2.87. The predicted molar refractivity (Wildman–Crippen MR) is 107 cm³/mol. The molecule has 1 N–H and O–H groups in total. The highest BCUT2D eigenvalue weighted by molar-refractivity contribution is 6.05. The van der Waals surface area contributed by atoms with Crippen LogP contribution in [0.4, 0.5) is 5.69 Å².